The van der Waals surface area contributed by atoms with E-state index in [0.29, 0.717) is 19.1 Å². The van der Waals surface area contributed by atoms with Gasteiger partial charge in [0.25, 0.3) is 0 Å². The highest BCUT2D eigenvalue weighted by Crippen LogP contribution is 2.09. The summed E-state index contributed by atoms with van der Waals surface area (Å²) in [7, 11) is -1.51. The highest BCUT2D eigenvalue weighted by atomic mass is 32.2. The average molecular weight is 309 g/mol. The van der Waals surface area contributed by atoms with Crippen LogP contribution in [0.4, 0.5) is 0 Å². The number of nitrogens with zero attached hydrogens (tertiary/aromatic N) is 1. The lowest BCUT2D eigenvalue weighted by atomic mass is 10.2. The lowest BCUT2D eigenvalue weighted by Crippen LogP contribution is -2.36. The van der Waals surface area contributed by atoms with Crippen LogP contribution < -0.4 is 10.5 Å². The number of hydrogen-bond donors (Lipinski definition) is 2. The highest BCUT2D eigenvalue weighted by molar-refractivity contribution is 7.89. The molecule has 21 heavy (non-hydrogen) atoms. The molecule has 6 heteroatoms. The van der Waals surface area contributed by atoms with Crippen LogP contribution in [-0.2, 0) is 10.0 Å². The Bertz CT molecular complexity index is 598. The van der Waals surface area contributed by atoms with Crippen molar-refractivity contribution in [2.24, 2.45) is 5.73 Å². The Morgan fingerprint density at radius 3 is 2.43 bits per heavy atom. The Hall–Kier alpha value is -1.39. The van der Waals surface area contributed by atoms with Crippen LogP contribution in [0.5, 0.6) is 0 Å². The largest absolute Gasteiger partial charge is 0.320 e. The quantitative estimate of drug-likeness (QED) is 0.755. The average Bonchev–Trinajstić information content (AvgIpc) is 2.45. The first-order valence-electron chi connectivity index (χ1n) is 6.85. The van der Waals surface area contributed by atoms with E-state index in [9.17, 15) is 8.42 Å². The van der Waals surface area contributed by atoms with Crippen molar-refractivity contribution < 1.29 is 8.42 Å². The van der Waals surface area contributed by atoms with Crippen molar-refractivity contribution in [3.8, 4) is 11.8 Å². The van der Waals surface area contributed by atoms with Crippen LogP contribution in [0.1, 0.15) is 19.4 Å². The van der Waals surface area contributed by atoms with Gasteiger partial charge in [0.1, 0.15) is 0 Å². The maximum atomic E-state index is 12.1. The van der Waals surface area contributed by atoms with Gasteiger partial charge in [0, 0.05) is 24.7 Å². The van der Waals surface area contributed by atoms with E-state index in [1.54, 1.807) is 24.3 Å². The minimum Gasteiger partial charge on any atom is -0.320 e. The molecule has 0 saturated carbocycles. The number of likely N-dealkylation sites (N-methyl/N-ethyl adjacent to an activating group) is 1. The normalized spacial score (nSPS) is 11.5. The lowest BCUT2D eigenvalue weighted by Gasteiger charge is -2.20. The second-order valence-corrected chi connectivity index (χ2v) is 6.77. The zero-order valence-corrected chi connectivity index (χ0v) is 13.6. The van der Waals surface area contributed by atoms with E-state index in [4.69, 9.17) is 5.73 Å². The number of sulfonamides is 1. The summed E-state index contributed by atoms with van der Waals surface area (Å²) in [6.07, 6.45) is 0. The molecule has 0 unspecified atom stereocenters. The second kappa shape index (κ2) is 8.15. The molecule has 0 aliphatic rings. The van der Waals surface area contributed by atoms with Gasteiger partial charge in [-0.1, -0.05) is 11.8 Å². The van der Waals surface area contributed by atoms with Gasteiger partial charge in [-0.3, -0.25) is 0 Å². The van der Waals surface area contributed by atoms with E-state index in [1.165, 1.54) is 0 Å². The molecule has 0 aromatic heterocycles. The van der Waals surface area contributed by atoms with Crippen LogP contribution in [0.3, 0.4) is 0 Å². The maximum absolute atomic E-state index is 12.1. The predicted octanol–water partition coefficient (Wildman–Crippen LogP) is 0.615. The standard InChI is InChI=1S/C15H23N3O2S/c1-13(2)18(3)12-11-17-21(19,20)15-8-6-14(7-9-15)5-4-10-16/h6-9,13,17H,10-12,16H2,1-3H3. The number of rotatable bonds is 6. The summed E-state index contributed by atoms with van der Waals surface area (Å²) >= 11 is 0. The summed E-state index contributed by atoms with van der Waals surface area (Å²) in [6, 6.07) is 6.84. The summed E-state index contributed by atoms with van der Waals surface area (Å²) in [5.74, 6) is 5.58. The molecule has 1 aromatic carbocycles. The van der Waals surface area contributed by atoms with E-state index in [-0.39, 0.29) is 11.4 Å². The van der Waals surface area contributed by atoms with Crippen LogP contribution in [-0.4, -0.2) is 46.0 Å². The van der Waals surface area contributed by atoms with Gasteiger partial charge in [-0.25, -0.2) is 13.1 Å². The van der Waals surface area contributed by atoms with E-state index in [1.807, 2.05) is 7.05 Å². The van der Waals surface area contributed by atoms with Gasteiger partial charge >= 0.3 is 0 Å². The molecule has 0 radical (unpaired) electrons. The molecule has 0 aliphatic heterocycles. The molecule has 0 amide bonds. The summed E-state index contributed by atoms with van der Waals surface area (Å²) in [4.78, 5) is 2.32. The monoisotopic (exact) mass is 309 g/mol. The fraction of sp³-hybridized carbons (Fsp3) is 0.467. The Morgan fingerprint density at radius 2 is 1.90 bits per heavy atom. The Balaban J connectivity index is 2.66. The van der Waals surface area contributed by atoms with Crippen LogP contribution in [0, 0.1) is 11.8 Å². The molecule has 0 bridgehead atoms. The van der Waals surface area contributed by atoms with Gasteiger partial charge in [0.05, 0.1) is 11.4 Å². The maximum Gasteiger partial charge on any atom is 0.240 e. The molecule has 1 rings (SSSR count). The van der Waals surface area contributed by atoms with Crippen LogP contribution in [0.25, 0.3) is 0 Å². The first kappa shape index (κ1) is 17.7. The third-order valence-electron chi connectivity index (χ3n) is 3.14. The van der Waals surface area contributed by atoms with Gasteiger partial charge < -0.3 is 10.6 Å². The van der Waals surface area contributed by atoms with Crippen LogP contribution in [0.2, 0.25) is 0 Å². The molecule has 0 aliphatic carbocycles. The number of nitrogens with two attached hydrogens (primary N) is 1. The molecule has 3 N–H and O–H groups in total. The lowest BCUT2D eigenvalue weighted by molar-refractivity contribution is 0.278. The third-order valence-corrected chi connectivity index (χ3v) is 4.61. The van der Waals surface area contributed by atoms with Crippen LogP contribution >= 0.6 is 0 Å². The molecular weight excluding hydrogens is 286 g/mol. The van der Waals surface area contributed by atoms with E-state index < -0.39 is 10.0 Å². The van der Waals surface area contributed by atoms with Crippen molar-refractivity contribution in [1.82, 2.24) is 9.62 Å². The molecule has 116 valence electrons. The molecule has 0 heterocycles. The predicted molar refractivity (Wildman–Crippen MR) is 85.3 cm³/mol. The van der Waals surface area contributed by atoms with Gasteiger partial charge in [-0.15, -0.1) is 0 Å². The molecule has 0 atom stereocenters. The first-order valence-corrected chi connectivity index (χ1v) is 8.34. The van der Waals surface area contributed by atoms with Crippen molar-refractivity contribution in [1.29, 1.82) is 0 Å². The topological polar surface area (TPSA) is 75.4 Å². The second-order valence-electron chi connectivity index (χ2n) is 5.00. The molecule has 1 aromatic rings. The summed E-state index contributed by atoms with van der Waals surface area (Å²) in [5, 5.41) is 0. The summed E-state index contributed by atoms with van der Waals surface area (Å²) in [6.45, 7) is 5.46. The van der Waals surface area contributed by atoms with Crippen LogP contribution in [0.15, 0.2) is 29.2 Å². The summed E-state index contributed by atoms with van der Waals surface area (Å²) in [5.41, 5.74) is 6.04. The van der Waals surface area contributed by atoms with Gasteiger partial charge in [0.15, 0.2) is 0 Å². The van der Waals surface area contributed by atoms with E-state index in [2.05, 4.69) is 35.3 Å². The Morgan fingerprint density at radius 1 is 1.29 bits per heavy atom. The zero-order chi connectivity index (χ0) is 15.9. The molecule has 0 fully saturated rings. The third kappa shape index (κ3) is 5.86. The number of nitrogens with one attached hydrogen (secondary N) is 1. The summed E-state index contributed by atoms with van der Waals surface area (Å²) < 4.78 is 26.8. The SMILES string of the molecule is CC(C)N(C)CCNS(=O)(=O)c1ccc(C#CCN)cc1. The molecular formula is C15H23N3O2S. The molecule has 0 spiro atoms. The number of benzene rings is 1. The van der Waals surface area contributed by atoms with E-state index in [0.717, 1.165) is 5.56 Å². The Kier molecular flexibility index (Phi) is 6.85. The minimum atomic E-state index is -3.47. The fourth-order valence-electron chi connectivity index (χ4n) is 1.57. The Labute approximate surface area is 127 Å². The van der Waals surface area contributed by atoms with Crippen molar-refractivity contribution in [3.63, 3.8) is 0 Å². The van der Waals surface area contributed by atoms with Gasteiger partial charge in [0.2, 0.25) is 10.0 Å². The zero-order valence-electron chi connectivity index (χ0n) is 12.8. The fourth-order valence-corrected chi connectivity index (χ4v) is 2.59. The molecule has 5 nitrogen and oxygen atoms in total. The van der Waals surface area contributed by atoms with Gasteiger partial charge in [-0.05, 0) is 45.2 Å². The van der Waals surface area contributed by atoms with Gasteiger partial charge in [-0.2, -0.15) is 0 Å². The molecule has 0 saturated heterocycles. The number of hydrogen-bond acceptors (Lipinski definition) is 4. The van der Waals surface area contributed by atoms with E-state index >= 15 is 0 Å². The highest BCUT2D eigenvalue weighted by Gasteiger charge is 2.13. The minimum absolute atomic E-state index is 0.244. The van der Waals surface area contributed by atoms with Crippen molar-refractivity contribution in [2.45, 2.75) is 24.8 Å². The first-order chi connectivity index (χ1) is 9.86. The smallest absolute Gasteiger partial charge is 0.240 e. The van der Waals surface area contributed by atoms with Crippen molar-refractivity contribution >= 4 is 10.0 Å². The van der Waals surface area contributed by atoms with Crippen molar-refractivity contribution in [3.05, 3.63) is 29.8 Å². The van der Waals surface area contributed by atoms with Crippen molar-refractivity contribution in [2.75, 3.05) is 26.7 Å².